The van der Waals surface area contributed by atoms with Gasteiger partial charge in [0.05, 0.1) is 16.6 Å². The Morgan fingerprint density at radius 2 is 1.65 bits per heavy atom. The molecule has 0 aromatic carbocycles. The van der Waals surface area contributed by atoms with E-state index in [4.69, 9.17) is 0 Å². The summed E-state index contributed by atoms with van der Waals surface area (Å²) in [7, 11) is -1.59. The highest BCUT2D eigenvalue weighted by molar-refractivity contribution is 6.83. The van der Waals surface area contributed by atoms with Crippen molar-refractivity contribution in [1.82, 2.24) is 0 Å². The monoisotopic (exact) mass is 426 g/mol. The molecule has 0 radical (unpaired) electrons. The summed E-state index contributed by atoms with van der Waals surface area (Å²) < 4.78 is 0. The van der Waals surface area contributed by atoms with E-state index < -0.39 is 24.3 Å². The maximum atomic E-state index is 12.9. The molecule has 0 spiro atoms. The standard InChI is InChI=1S/C26H26N2O2Si/c1-24(2)21-9-11-26(10-7-8-12-31(4,5)6)15-18(16-27)20(29)13-22(26)25(21,3)14-19(17-28)23(24)30/h13-15,21H,9,11H2,1-6H3/t21?,25-,26-/m0/s1. The van der Waals surface area contributed by atoms with Crippen molar-refractivity contribution >= 4 is 19.6 Å². The number of rotatable bonds is 0. The molecule has 3 aliphatic rings. The van der Waals surface area contributed by atoms with Gasteiger partial charge in [-0.15, -0.1) is 5.54 Å². The summed E-state index contributed by atoms with van der Waals surface area (Å²) in [6, 6.07) is 4.06. The molecule has 0 aliphatic heterocycles. The topological polar surface area (TPSA) is 81.7 Å². The SMILES string of the molecule is CC1(C)C(=O)C(C#N)=C[C@]2(C)C3=CC(=O)C(C#N)=C[C@]3(C#CC#C[Si](C)(C)C)CCC12. The number of allylic oxidation sites excluding steroid dienone is 6. The van der Waals surface area contributed by atoms with Crippen molar-refractivity contribution in [2.75, 3.05) is 0 Å². The molecule has 5 heteroatoms. The molecule has 0 saturated heterocycles. The average molecular weight is 427 g/mol. The van der Waals surface area contributed by atoms with Crippen molar-refractivity contribution in [2.45, 2.75) is 53.3 Å². The molecule has 0 aromatic heterocycles. The van der Waals surface area contributed by atoms with Crippen LogP contribution in [0.2, 0.25) is 19.6 Å². The fourth-order valence-electron chi connectivity index (χ4n) is 5.29. The third-order valence-electron chi connectivity index (χ3n) is 6.72. The number of hydrogen-bond acceptors (Lipinski definition) is 4. The van der Waals surface area contributed by atoms with E-state index in [1.165, 1.54) is 6.08 Å². The van der Waals surface area contributed by atoms with Crippen molar-refractivity contribution in [2.24, 2.45) is 22.2 Å². The van der Waals surface area contributed by atoms with Crippen LogP contribution < -0.4 is 0 Å². The van der Waals surface area contributed by atoms with Crippen molar-refractivity contribution < 1.29 is 9.59 Å². The molecular weight excluding hydrogens is 400 g/mol. The van der Waals surface area contributed by atoms with Gasteiger partial charge in [-0.25, -0.2) is 0 Å². The van der Waals surface area contributed by atoms with E-state index in [-0.39, 0.29) is 28.6 Å². The molecule has 31 heavy (non-hydrogen) atoms. The van der Waals surface area contributed by atoms with Gasteiger partial charge in [-0.3, -0.25) is 9.59 Å². The molecule has 1 saturated carbocycles. The molecule has 0 aromatic rings. The summed E-state index contributed by atoms with van der Waals surface area (Å²) in [6.45, 7) is 12.2. The molecule has 3 atom stereocenters. The first-order valence-electron chi connectivity index (χ1n) is 10.4. The smallest absolute Gasteiger partial charge is 0.196 e. The van der Waals surface area contributed by atoms with Crippen LogP contribution in [0.15, 0.2) is 34.9 Å². The maximum Gasteiger partial charge on any atom is 0.196 e. The highest BCUT2D eigenvalue weighted by Crippen LogP contribution is 2.63. The summed E-state index contributed by atoms with van der Waals surface area (Å²) in [5.74, 6) is 8.65. The summed E-state index contributed by atoms with van der Waals surface area (Å²) in [4.78, 5) is 25.6. The van der Waals surface area contributed by atoms with Crippen molar-refractivity contribution in [3.63, 3.8) is 0 Å². The van der Waals surface area contributed by atoms with Gasteiger partial charge in [-0.05, 0) is 48.3 Å². The van der Waals surface area contributed by atoms with Crippen molar-refractivity contribution in [3.8, 4) is 35.4 Å². The van der Waals surface area contributed by atoms with Crippen LogP contribution in [0.25, 0.3) is 0 Å². The van der Waals surface area contributed by atoms with Crippen LogP contribution in [0.4, 0.5) is 0 Å². The van der Waals surface area contributed by atoms with Crippen LogP contribution in [-0.2, 0) is 9.59 Å². The Balaban J connectivity index is 2.26. The van der Waals surface area contributed by atoms with Crippen molar-refractivity contribution in [3.05, 3.63) is 34.9 Å². The minimum absolute atomic E-state index is 0.0777. The normalized spacial score (nSPS) is 31.0. The number of hydrogen-bond donors (Lipinski definition) is 0. The summed E-state index contributed by atoms with van der Waals surface area (Å²) in [6.07, 6.45) is 6.19. The lowest BCUT2D eigenvalue weighted by molar-refractivity contribution is -0.130. The zero-order valence-electron chi connectivity index (χ0n) is 18.9. The highest BCUT2D eigenvalue weighted by atomic mass is 28.3. The van der Waals surface area contributed by atoms with Gasteiger partial charge in [0.1, 0.15) is 20.2 Å². The lowest BCUT2D eigenvalue weighted by Gasteiger charge is -2.56. The molecule has 3 aliphatic carbocycles. The van der Waals surface area contributed by atoms with Crippen LogP contribution in [0, 0.1) is 68.1 Å². The highest BCUT2D eigenvalue weighted by Gasteiger charge is 2.59. The first-order chi connectivity index (χ1) is 14.3. The molecular formula is C26H26N2O2Si. The summed E-state index contributed by atoms with van der Waals surface area (Å²) >= 11 is 0. The Morgan fingerprint density at radius 1 is 1.00 bits per heavy atom. The fraction of sp³-hybridized carbons (Fsp3) is 0.462. The minimum atomic E-state index is -1.59. The van der Waals surface area contributed by atoms with Gasteiger partial charge in [0.25, 0.3) is 0 Å². The Kier molecular flexibility index (Phi) is 5.26. The average Bonchev–Trinajstić information content (AvgIpc) is 2.68. The second kappa shape index (κ2) is 7.23. The molecule has 0 amide bonds. The van der Waals surface area contributed by atoms with Crippen molar-refractivity contribution in [1.29, 1.82) is 10.5 Å². The van der Waals surface area contributed by atoms with Crippen LogP contribution in [0.1, 0.15) is 33.6 Å². The summed E-state index contributed by atoms with van der Waals surface area (Å²) in [5, 5.41) is 19.1. The Labute approximate surface area is 185 Å². The lowest BCUT2D eigenvalue weighted by atomic mass is 9.45. The quantitative estimate of drug-likeness (QED) is 0.427. The van der Waals surface area contributed by atoms with Crippen LogP contribution in [0.5, 0.6) is 0 Å². The number of nitrogens with zero attached hydrogens (tertiary/aromatic N) is 2. The Bertz CT molecular complexity index is 1190. The number of ketones is 2. The van der Waals surface area contributed by atoms with Gasteiger partial charge >= 0.3 is 0 Å². The van der Waals surface area contributed by atoms with E-state index >= 15 is 0 Å². The lowest BCUT2D eigenvalue weighted by Crippen LogP contribution is -2.53. The molecule has 1 fully saturated rings. The van der Waals surface area contributed by atoms with Crippen LogP contribution in [0.3, 0.4) is 0 Å². The first kappa shape index (κ1) is 22.6. The Hall–Kier alpha value is -3.12. The second-order valence-corrected chi connectivity index (χ2v) is 15.2. The predicted octanol–water partition coefficient (Wildman–Crippen LogP) is 4.29. The number of carbonyl (C=O) groups excluding carboxylic acids is 2. The van der Waals surface area contributed by atoms with E-state index in [0.717, 1.165) is 5.57 Å². The van der Waals surface area contributed by atoms with Gasteiger partial charge in [0, 0.05) is 10.8 Å². The molecule has 156 valence electrons. The fourth-order valence-corrected chi connectivity index (χ4v) is 5.73. The van der Waals surface area contributed by atoms with E-state index in [1.807, 2.05) is 26.8 Å². The number of fused-ring (bicyclic) bond motifs is 3. The van der Waals surface area contributed by atoms with Gasteiger partial charge in [0.15, 0.2) is 11.6 Å². The van der Waals surface area contributed by atoms with Gasteiger partial charge in [-0.1, -0.05) is 52.4 Å². The van der Waals surface area contributed by atoms with E-state index in [9.17, 15) is 20.1 Å². The zero-order chi connectivity index (χ0) is 23.2. The van der Waals surface area contributed by atoms with Gasteiger partial charge in [0.2, 0.25) is 0 Å². The molecule has 4 nitrogen and oxygen atoms in total. The largest absolute Gasteiger partial charge is 0.293 e. The molecule has 0 heterocycles. The molecule has 0 bridgehead atoms. The van der Waals surface area contributed by atoms with E-state index in [2.05, 4.69) is 49.0 Å². The second-order valence-electron chi connectivity index (χ2n) is 10.4. The molecule has 3 rings (SSSR count). The minimum Gasteiger partial charge on any atom is -0.293 e. The van der Waals surface area contributed by atoms with Crippen LogP contribution >= 0.6 is 0 Å². The molecule has 1 unspecified atom stereocenters. The molecule has 0 N–H and O–H groups in total. The van der Waals surface area contributed by atoms with Gasteiger partial charge < -0.3 is 0 Å². The van der Waals surface area contributed by atoms with E-state index in [1.54, 1.807) is 12.2 Å². The van der Waals surface area contributed by atoms with Gasteiger partial charge in [-0.2, -0.15) is 10.5 Å². The third kappa shape index (κ3) is 3.61. The summed E-state index contributed by atoms with van der Waals surface area (Å²) in [5.41, 5.74) is 1.94. The number of nitriles is 2. The first-order valence-corrected chi connectivity index (χ1v) is 13.9. The zero-order valence-corrected chi connectivity index (χ0v) is 19.9. The predicted molar refractivity (Wildman–Crippen MR) is 121 cm³/mol. The Morgan fingerprint density at radius 3 is 2.23 bits per heavy atom. The maximum absolute atomic E-state index is 12.9. The number of Topliss-reactive ketones (excluding diaryl/α,β-unsaturated/α-hetero) is 1. The third-order valence-corrected chi connectivity index (χ3v) is 7.59. The van der Waals surface area contributed by atoms with Crippen LogP contribution in [-0.4, -0.2) is 19.6 Å². The van der Waals surface area contributed by atoms with E-state index in [0.29, 0.717) is 12.8 Å². The number of carbonyl (C=O) groups is 2.